The van der Waals surface area contributed by atoms with Gasteiger partial charge in [-0.3, -0.25) is 9.59 Å². The number of benzene rings is 2. The van der Waals surface area contributed by atoms with Gasteiger partial charge in [0.05, 0.1) is 13.2 Å². The fraction of sp³-hybridized carbons (Fsp3) is 0.348. The predicted octanol–water partition coefficient (Wildman–Crippen LogP) is 2.58. The molecule has 0 unspecified atom stereocenters. The third-order valence-electron chi connectivity index (χ3n) is 5.62. The lowest BCUT2D eigenvalue weighted by molar-refractivity contribution is -0.147. The van der Waals surface area contributed by atoms with Crippen LogP contribution >= 0.6 is 0 Å². The first kappa shape index (κ1) is 22.5. The Kier molecular flexibility index (Phi) is 6.43. The molecule has 0 saturated carbocycles. The van der Waals surface area contributed by atoms with Crippen LogP contribution in [0.4, 0.5) is 19.3 Å². The van der Waals surface area contributed by atoms with Crippen LogP contribution in [0.15, 0.2) is 36.4 Å². The van der Waals surface area contributed by atoms with Crippen LogP contribution in [0.3, 0.4) is 0 Å². The molecule has 4 rings (SSSR count). The van der Waals surface area contributed by atoms with Gasteiger partial charge in [0.1, 0.15) is 30.0 Å². The van der Waals surface area contributed by atoms with E-state index in [9.17, 15) is 23.2 Å². The van der Waals surface area contributed by atoms with Gasteiger partial charge in [-0.15, -0.1) is 0 Å². The smallest absolute Gasteiger partial charge is 0.325 e. The number of halogens is 2. The predicted molar refractivity (Wildman–Crippen MR) is 114 cm³/mol. The van der Waals surface area contributed by atoms with E-state index >= 15 is 0 Å². The monoisotopic (exact) mass is 459 g/mol. The summed E-state index contributed by atoms with van der Waals surface area (Å²) < 4.78 is 38.4. The zero-order valence-corrected chi connectivity index (χ0v) is 17.9. The highest BCUT2D eigenvalue weighted by Gasteiger charge is 2.44. The van der Waals surface area contributed by atoms with E-state index in [1.165, 1.54) is 35.2 Å². The molecule has 174 valence electrons. The van der Waals surface area contributed by atoms with Crippen LogP contribution in [-0.4, -0.2) is 55.2 Å². The SMILES string of the molecule is CCOC(=O)CN1C[C@@H](c2cc3c(cc2F)OCC3)[C@H](NC(=O)Nc2ccc(F)cc2)C1=O. The molecule has 0 radical (unpaired) electrons. The summed E-state index contributed by atoms with van der Waals surface area (Å²) in [6, 6.07) is 6.21. The highest BCUT2D eigenvalue weighted by Crippen LogP contribution is 2.36. The number of hydrogen-bond donors (Lipinski definition) is 2. The molecule has 0 aliphatic carbocycles. The standard InChI is InChI=1S/C23H23F2N3O5/c1-2-32-20(29)12-28-11-17(16-9-13-7-8-33-19(13)10-18(16)25)21(22(28)30)27-23(31)26-15-5-3-14(24)4-6-15/h3-6,9-10,17,21H,2,7-8,11-12H2,1H3,(H2,26,27,31)/t17-,21-/m0/s1. The molecule has 2 atom stereocenters. The number of rotatable bonds is 6. The average molecular weight is 459 g/mol. The number of carbonyl (C=O) groups is 3. The lowest BCUT2D eigenvalue weighted by atomic mass is 9.91. The molecular weight excluding hydrogens is 436 g/mol. The summed E-state index contributed by atoms with van der Waals surface area (Å²) in [5, 5.41) is 5.11. The maximum Gasteiger partial charge on any atom is 0.325 e. The zero-order chi connectivity index (χ0) is 23.5. The Balaban J connectivity index is 1.58. The quantitative estimate of drug-likeness (QED) is 0.648. The fourth-order valence-corrected chi connectivity index (χ4v) is 4.09. The molecule has 2 aromatic carbocycles. The number of urea groups is 1. The molecular formula is C23H23F2N3O5. The van der Waals surface area contributed by atoms with Crippen LogP contribution in [0.25, 0.3) is 0 Å². The number of nitrogens with one attached hydrogen (secondary N) is 2. The van der Waals surface area contributed by atoms with Crippen molar-refractivity contribution < 1.29 is 32.6 Å². The number of fused-ring (bicyclic) bond motifs is 1. The van der Waals surface area contributed by atoms with Gasteiger partial charge in [-0.25, -0.2) is 13.6 Å². The van der Waals surface area contributed by atoms with Crippen molar-refractivity contribution in [3.8, 4) is 5.75 Å². The van der Waals surface area contributed by atoms with E-state index in [1.54, 1.807) is 13.0 Å². The average Bonchev–Trinajstić information content (AvgIpc) is 3.34. The fourth-order valence-electron chi connectivity index (χ4n) is 4.09. The van der Waals surface area contributed by atoms with Gasteiger partial charge < -0.3 is 25.0 Å². The number of nitrogens with zero attached hydrogens (tertiary/aromatic N) is 1. The van der Waals surface area contributed by atoms with Gasteiger partial charge >= 0.3 is 12.0 Å². The summed E-state index contributed by atoms with van der Waals surface area (Å²) in [7, 11) is 0. The Morgan fingerprint density at radius 2 is 1.97 bits per heavy atom. The van der Waals surface area contributed by atoms with Crippen LogP contribution in [0.5, 0.6) is 5.75 Å². The molecule has 0 spiro atoms. The minimum absolute atomic E-state index is 0.0235. The van der Waals surface area contributed by atoms with E-state index in [-0.39, 0.29) is 25.3 Å². The van der Waals surface area contributed by atoms with Crippen LogP contribution < -0.4 is 15.4 Å². The molecule has 1 fully saturated rings. The van der Waals surface area contributed by atoms with Crippen molar-refractivity contribution >= 4 is 23.6 Å². The van der Waals surface area contributed by atoms with Gasteiger partial charge in [0, 0.05) is 30.6 Å². The Bertz CT molecular complexity index is 1080. The Morgan fingerprint density at radius 3 is 2.70 bits per heavy atom. The maximum absolute atomic E-state index is 15.0. The molecule has 3 amide bonds. The number of carbonyl (C=O) groups excluding carboxylic acids is 3. The second-order valence-electron chi connectivity index (χ2n) is 7.79. The topological polar surface area (TPSA) is 97.0 Å². The molecule has 10 heteroatoms. The van der Waals surface area contributed by atoms with Gasteiger partial charge in [-0.1, -0.05) is 0 Å². The van der Waals surface area contributed by atoms with Crippen molar-refractivity contribution in [2.24, 2.45) is 0 Å². The molecule has 0 bridgehead atoms. The summed E-state index contributed by atoms with van der Waals surface area (Å²) >= 11 is 0. The molecule has 33 heavy (non-hydrogen) atoms. The van der Waals surface area contributed by atoms with Crippen molar-refractivity contribution in [3.05, 3.63) is 59.2 Å². The minimum atomic E-state index is -1.12. The summed E-state index contributed by atoms with van der Waals surface area (Å²) in [4.78, 5) is 38.9. The largest absolute Gasteiger partial charge is 0.493 e. The second-order valence-corrected chi connectivity index (χ2v) is 7.79. The number of hydrogen-bond acceptors (Lipinski definition) is 5. The normalized spacial score (nSPS) is 19.1. The van der Waals surface area contributed by atoms with Crippen LogP contribution in [0.2, 0.25) is 0 Å². The van der Waals surface area contributed by atoms with Crippen molar-refractivity contribution in [1.82, 2.24) is 10.2 Å². The van der Waals surface area contributed by atoms with Gasteiger partial charge in [-0.2, -0.15) is 0 Å². The first-order chi connectivity index (χ1) is 15.9. The lowest BCUT2D eigenvalue weighted by Gasteiger charge is -2.20. The highest BCUT2D eigenvalue weighted by atomic mass is 19.1. The first-order valence-electron chi connectivity index (χ1n) is 10.6. The van der Waals surface area contributed by atoms with E-state index < -0.39 is 41.5 Å². The number of amides is 3. The molecule has 2 aromatic rings. The first-order valence-corrected chi connectivity index (χ1v) is 10.6. The number of ether oxygens (including phenoxy) is 2. The van der Waals surface area contributed by atoms with E-state index in [1.807, 2.05) is 0 Å². The molecule has 2 heterocycles. The van der Waals surface area contributed by atoms with Gasteiger partial charge in [0.15, 0.2) is 0 Å². The van der Waals surface area contributed by atoms with E-state index in [0.717, 1.165) is 5.56 Å². The van der Waals surface area contributed by atoms with Crippen molar-refractivity contribution in [2.75, 3.05) is 31.6 Å². The van der Waals surface area contributed by atoms with Crippen molar-refractivity contribution in [1.29, 1.82) is 0 Å². The molecule has 2 aliphatic heterocycles. The number of anilines is 1. The summed E-state index contributed by atoms with van der Waals surface area (Å²) in [6.45, 7) is 1.97. The lowest BCUT2D eigenvalue weighted by Crippen LogP contribution is -2.46. The molecule has 0 aromatic heterocycles. The van der Waals surface area contributed by atoms with E-state index in [2.05, 4.69) is 10.6 Å². The molecule has 2 aliphatic rings. The van der Waals surface area contributed by atoms with Gasteiger partial charge in [0.2, 0.25) is 5.91 Å². The van der Waals surface area contributed by atoms with Gasteiger partial charge in [-0.05, 0) is 48.4 Å². The Labute approximate surface area is 188 Å². The van der Waals surface area contributed by atoms with E-state index in [0.29, 0.717) is 24.5 Å². The number of likely N-dealkylation sites (tertiary alicyclic amines) is 1. The molecule has 1 saturated heterocycles. The molecule has 2 N–H and O–H groups in total. The van der Waals surface area contributed by atoms with Crippen LogP contribution in [-0.2, 0) is 20.7 Å². The van der Waals surface area contributed by atoms with Gasteiger partial charge in [0.25, 0.3) is 0 Å². The third kappa shape index (κ3) is 4.89. The third-order valence-corrected chi connectivity index (χ3v) is 5.62. The van der Waals surface area contributed by atoms with E-state index in [4.69, 9.17) is 9.47 Å². The highest BCUT2D eigenvalue weighted by molar-refractivity contribution is 5.96. The van der Waals surface area contributed by atoms with Crippen molar-refractivity contribution in [2.45, 2.75) is 25.3 Å². The maximum atomic E-state index is 15.0. The summed E-state index contributed by atoms with van der Waals surface area (Å²) in [5.74, 6) is -2.42. The molecule has 8 nitrogen and oxygen atoms in total. The Hall–Kier alpha value is -3.69. The van der Waals surface area contributed by atoms with Crippen molar-refractivity contribution in [3.63, 3.8) is 0 Å². The zero-order valence-electron chi connectivity index (χ0n) is 17.9. The number of esters is 1. The minimum Gasteiger partial charge on any atom is -0.493 e. The van der Waals surface area contributed by atoms with Crippen LogP contribution in [0.1, 0.15) is 24.0 Å². The summed E-state index contributed by atoms with van der Waals surface area (Å²) in [6.07, 6.45) is 0.610. The Morgan fingerprint density at radius 1 is 1.21 bits per heavy atom. The second kappa shape index (κ2) is 9.43. The summed E-state index contributed by atoms with van der Waals surface area (Å²) in [5.41, 5.74) is 1.39. The van der Waals surface area contributed by atoms with Crippen LogP contribution in [0, 0.1) is 11.6 Å².